The molecule has 5 rings (SSSR count). The van der Waals surface area contributed by atoms with Crippen molar-refractivity contribution < 1.29 is 14.3 Å². The standard InChI is InChI=1S/C27H34O3/c1-17-4-6-18(7-5-17)25(29)30-20-12-14-26(2)19(16-20)8-9-21-22-10-11-24(28)27(22,3)15-13-23(21)26/h4-8,20-23H,9-16H2,1-3H3/t20-,21-,22-,23-,26-,27-/m0/s1. The molecule has 4 aliphatic rings. The van der Waals surface area contributed by atoms with E-state index in [1.807, 2.05) is 31.2 Å². The van der Waals surface area contributed by atoms with Crippen molar-refractivity contribution in [3.63, 3.8) is 0 Å². The monoisotopic (exact) mass is 406 g/mol. The van der Waals surface area contributed by atoms with Crippen LogP contribution in [-0.2, 0) is 9.53 Å². The lowest BCUT2D eigenvalue weighted by molar-refractivity contribution is -0.132. The highest BCUT2D eigenvalue weighted by Gasteiger charge is 2.58. The molecule has 0 aliphatic heterocycles. The smallest absolute Gasteiger partial charge is 0.338 e. The van der Waals surface area contributed by atoms with E-state index in [1.165, 1.54) is 12.0 Å². The van der Waals surface area contributed by atoms with E-state index < -0.39 is 0 Å². The summed E-state index contributed by atoms with van der Waals surface area (Å²) < 4.78 is 5.92. The summed E-state index contributed by atoms with van der Waals surface area (Å²) in [6, 6.07) is 7.64. The van der Waals surface area contributed by atoms with Crippen molar-refractivity contribution >= 4 is 11.8 Å². The third-order valence-corrected chi connectivity index (χ3v) is 9.33. The molecule has 4 aliphatic carbocycles. The number of Topliss-reactive ketones (excluding diaryl/α,β-unsaturated/α-hetero) is 1. The Labute approximate surface area is 180 Å². The van der Waals surface area contributed by atoms with Gasteiger partial charge < -0.3 is 4.74 Å². The SMILES string of the molecule is Cc1ccc(C(=O)O[C@H]2CC[C@@]3(C)C(=CC[C@@H]4[C@@H]3CC[C@]3(C)C(=O)CC[C@@H]43)C2)cc1. The van der Waals surface area contributed by atoms with E-state index in [-0.39, 0.29) is 22.9 Å². The molecule has 30 heavy (non-hydrogen) atoms. The van der Waals surface area contributed by atoms with Crippen LogP contribution >= 0.6 is 0 Å². The van der Waals surface area contributed by atoms with Gasteiger partial charge in [-0.05, 0) is 80.8 Å². The Kier molecular flexibility index (Phi) is 4.72. The van der Waals surface area contributed by atoms with Gasteiger partial charge in [0.05, 0.1) is 5.56 Å². The van der Waals surface area contributed by atoms with E-state index in [0.29, 0.717) is 29.1 Å². The molecule has 0 heterocycles. The number of rotatable bonds is 2. The van der Waals surface area contributed by atoms with E-state index in [0.717, 1.165) is 50.5 Å². The summed E-state index contributed by atoms with van der Waals surface area (Å²) in [6.45, 7) is 6.72. The molecule has 0 radical (unpaired) electrons. The Morgan fingerprint density at radius 1 is 1.00 bits per heavy atom. The van der Waals surface area contributed by atoms with Crippen molar-refractivity contribution in [2.45, 2.75) is 78.2 Å². The fourth-order valence-corrected chi connectivity index (χ4v) is 7.41. The second-order valence-corrected chi connectivity index (χ2v) is 10.8. The lowest BCUT2D eigenvalue weighted by atomic mass is 9.48. The first-order chi connectivity index (χ1) is 14.3. The molecule has 0 amide bonds. The van der Waals surface area contributed by atoms with Crippen LogP contribution < -0.4 is 0 Å². The normalized spacial score (nSPS) is 40.1. The summed E-state index contributed by atoms with van der Waals surface area (Å²) in [4.78, 5) is 25.2. The van der Waals surface area contributed by atoms with Gasteiger partial charge in [0.25, 0.3) is 0 Å². The molecule has 0 aromatic heterocycles. The van der Waals surface area contributed by atoms with Gasteiger partial charge in [0, 0.05) is 18.3 Å². The number of esters is 1. The summed E-state index contributed by atoms with van der Waals surface area (Å²) in [5, 5.41) is 0. The first-order valence-electron chi connectivity index (χ1n) is 11.8. The quantitative estimate of drug-likeness (QED) is 0.443. The highest BCUT2D eigenvalue weighted by molar-refractivity contribution is 5.89. The first kappa shape index (κ1) is 20.0. The number of fused-ring (bicyclic) bond motifs is 5. The van der Waals surface area contributed by atoms with Crippen molar-refractivity contribution in [2.24, 2.45) is 28.6 Å². The Morgan fingerprint density at radius 3 is 2.47 bits per heavy atom. The van der Waals surface area contributed by atoms with Gasteiger partial charge in [0.15, 0.2) is 0 Å². The predicted octanol–water partition coefficient (Wildman–Crippen LogP) is 6.05. The lowest BCUT2D eigenvalue weighted by Crippen LogP contribution is -2.50. The Balaban J connectivity index is 1.31. The first-order valence-corrected chi connectivity index (χ1v) is 11.8. The third kappa shape index (κ3) is 2.99. The zero-order valence-electron chi connectivity index (χ0n) is 18.6. The second kappa shape index (κ2) is 7.07. The van der Waals surface area contributed by atoms with Crippen molar-refractivity contribution in [1.82, 2.24) is 0 Å². The minimum absolute atomic E-state index is 0.0170. The molecule has 0 unspecified atom stereocenters. The number of carbonyl (C=O) groups excluding carboxylic acids is 2. The fraction of sp³-hybridized carbons (Fsp3) is 0.630. The minimum atomic E-state index is -0.198. The second-order valence-electron chi connectivity index (χ2n) is 10.8. The molecule has 0 spiro atoms. The number of ether oxygens (including phenoxy) is 1. The maximum absolute atomic E-state index is 12.6. The van der Waals surface area contributed by atoms with Gasteiger partial charge in [-0.2, -0.15) is 0 Å². The Hall–Kier alpha value is -1.90. The zero-order chi connectivity index (χ0) is 21.1. The van der Waals surface area contributed by atoms with Crippen LogP contribution in [0.15, 0.2) is 35.9 Å². The lowest BCUT2D eigenvalue weighted by Gasteiger charge is -2.56. The largest absolute Gasteiger partial charge is 0.458 e. The molecule has 0 saturated heterocycles. The van der Waals surface area contributed by atoms with Crippen LogP contribution in [0.1, 0.15) is 81.1 Å². The summed E-state index contributed by atoms with van der Waals surface area (Å²) >= 11 is 0. The molecule has 3 heteroatoms. The van der Waals surface area contributed by atoms with Crippen molar-refractivity contribution in [1.29, 1.82) is 0 Å². The van der Waals surface area contributed by atoms with Crippen LogP contribution in [0.2, 0.25) is 0 Å². The van der Waals surface area contributed by atoms with Gasteiger partial charge in [-0.1, -0.05) is 43.2 Å². The molecule has 1 aromatic rings. The highest BCUT2D eigenvalue weighted by atomic mass is 16.5. The molecule has 3 fully saturated rings. The van der Waals surface area contributed by atoms with E-state index in [9.17, 15) is 9.59 Å². The average Bonchev–Trinajstić information content (AvgIpc) is 3.03. The Bertz CT molecular complexity index is 897. The van der Waals surface area contributed by atoms with Gasteiger partial charge in [-0.15, -0.1) is 0 Å². The van der Waals surface area contributed by atoms with Gasteiger partial charge in [0.2, 0.25) is 0 Å². The summed E-state index contributed by atoms with van der Waals surface area (Å²) in [7, 11) is 0. The van der Waals surface area contributed by atoms with Crippen molar-refractivity contribution in [3.8, 4) is 0 Å². The van der Waals surface area contributed by atoms with E-state index in [1.54, 1.807) is 0 Å². The maximum Gasteiger partial charge on any atom is 0.338 e. The number of hydrogen-bond donors (Lipinski definition) is 0. The van der Waals surface area contributed by atoms with Crippen LogP contribution in [-0.4, -0.2) is 17.9 Å². The molecule has 160 valence electrons. The van der Waals surface area contributed by atoms with Crippen molar-refractivity contribution in [3.05, 3.63) is 47.0 Å². The summed E-state index contributed by atoms with van der Waals surface area (Å²) in [5.74, 6) is 2.20. The number of allylic oxidation sites excluding steroid dienone is 1. The fourth-order valence-electron chi connectivity index (χ4n) is 7.41. The van der Waals surface area contributed by atoms with E-state index in [4.69, 9.17) is 4.74 Å². The molecule has 3 nitrogen and oxygen atoms in total. The topological polar surface area (TPSA) is 43.4 Å². The van der Waals surface area contributed by atoms with Crippen molar-refractivity contribution in [2.75, 3.05) is 0 Å². The van der Waals surface area contributed by atoms with Crippen LogP contribution in [0.3, 0.4) is 0 Å². The van der Waals surface area contributed by atoms with Gasteiger partial charge in [-0.25, -0.2) is 4.79 Å². The van der Waals surface area contributed by atoms with Crippen LogP contribution in [0.5, 0.6) is 0 Å². The third-order valence-electron chi connectivity index (χ3n) is 9.33. The summed E-state index contributed by atoms with van der Waals surface area (Å²) in [5.41, 5.74) is 3.44. The number of hydrogen-bond acceptors (Lipinski definition) is 3. The molecule has 1 aromatic carbocycles. The number of ketones is 1. The minimum Gasteiger partial charge on any atom is -0.458 e. The van der Waals surface area contributed by atoms with Gasteiger partial charge in [-0.3, -0.25) is 4.79 Å². The number of aryl methyl sites for hydroxylation is 1. The maximum atomic E-state index is 12.6. The van der Waals surface area contributed by atoms with E-state index >= 15 is 0 Å². The van der Waals surface area contributed by atoms with Gasteiger partial charge >= 0.3 is 5.97 Å². The predicted molar refractivity (Wildman–Crippen MR) is 117 cm³/mol. The number of carbonyl (C=O) groups is 2. The summed E-state index contributed by atoms with van der Waals surface area (Å²) in [6.07, 6.45) is 10.6. The number of benzene rings is 1. The van der Waals surface area contributed by atoms with E-state index in [2.05, 4.69) is 19.9 Å². The molecule has 0 bridgehead atoms. The average molecular weight is 407 g/mol. The molecule has 3 saturated carbocycles. The molecular formula is C27H34O3. The Morgan fingerprint density at radius 2 is 1.70 bits per heavy atom. The van der Waals surface area contributed by atoms with Crippen LogP contribution in [0.25, 0.3) is 0 Å². The zero-order valence-corrected chi connectivity index (χ0v) is 18.6. The molecule has 0 N–H and O–H groups in total. The van der Waals surface area contributed by atoms with Crippen LogP contribution in [0.4, 0.5) is 0 Å². The highest BCUT2D eigenvalue weighted by Crippen LogP contribution is 2.64. The van der Waals surface area contributed by atoms with Crippen LogP contribution in [0, 0.1) is 35.5 Å². The molecule has 6 atom stereocenters. The molecular weight excluding hydrogens is 372 g/mol. The van der Waals surface area contributed by atoms with Gasteiger partial charge in [0.1, 0.15) is 11.9 Å².